The van der Waals surface area contributed by atoms with Crippen LogP contribution in [0.25, 0.3) is 0 Å². The van der Waals surface area contributed by atoms with Crippen molar-refractivity contribution in [2.45, 2.75) is 36.5 Å². The van der Waals surface area contributed by atoms with Crippen LogP contribution in [0, 0.1) is 29.6 Å². The van der Waals surface area contributed by atoms with E-state index in [1.54, 1.807) is 80.4 Å². The monoisotopic (exact) mass is 755 g/mol. The fourth-order valence-corrected chi connectivity index (χ4v) is 11.6. The minimum atomic E-state index is -0.489. The number of thiazole rings is 1. The largest absolute Gasteiger partial charge is 0.497 e. The Labute approximate surface area is 313 Å². The van der Waals surface area contributed by atoms with E-state index in [-0.39, 0.29) is 64.7 Å². The average Bonchev–Trinajstić information content (AvgIpc) is 3.90. The molecule has 2 bridgehead atoms. The second-order valence-corrected chi connectivity index (χ2v) is 15.6. The van der Waals surface area contributed by atoms with Gasteiger partial charge in [-0.2, -0.15) is 0 Å². The maximum Gasteiger partial charge on any atom is 0.338 e. The number of fused-ring (bicyclic) bond motifs is 9. The van der Waals surface area contributed by atoms with Crippen LogP contribution in [0.15, 0.2) is 76.6 Å². The third kappa shape index (κ3) is 6.07. The number of aromatic nitrogens is 1. The van der Waals surface area contributed by atoms with Gasteiger partial charge in [-0.15, -0.1) is 11.8 Å². The van der Waals surface area contributed by atoms with Gasteiger partial charge in [0, 0.05) is 21.7 Å². The quantitative estimate of drug-likeness (QED) is 0.144. The predicted molar refractivity (Wildman–Crippen MR) is 198 cm³/mol. The van der Waals surface area contributed by atoms with Crippen LogP contribution in [-0.2, 0) is 19.1 Å². The zero-order valence-electron chi connectivity index (χ0n) is 29.2. The fraction of sp³-hybridized carbons (Fsp3) is 0.359. The average molecular weight is 756 g/mol. The second kappa shape index (κ2) is 14.0. The van der Waals surface area contributed by atoms with Crippen molar-refractivity contribution < 1.29 is 38.1 Å². The van der Waals surface area contributed by atoms with E-state index in [0.29, 0.717) is 40.8 Å². The van der Waals surface area contributed by atoms with Crippen molar-refractivity contribution >= 4 is 58.2 Å². The molecule has 2 saturated carbocycles. The lowest BCUT2D eigenvalue weighted by Crippen LogP contribution is -2.42. The molecule has 3 heterocycles. The van der Waals surface area contributed by atoms with Gasteiger partial charge in [0.2, 0.25) is 11.8 Å². The first-order valence-electron chi connectivity index (χ1n) is 17.6. The van der Waals surface area contributed by atoms with E-state index >= 15 is 0 Å². The van der Waals surface area contributed by atoms with Crippen LogP contribution in [0.1, 0.15) is 47.0 Å². The number of rotatable bonds is 11. The van der Waals surface area contributed by atoms with Gasteiger partial charge in [-0.25, -0.2) is 4.79 Å². The molecule has 3 aromatic carbocycles. The number of anilines is 2. The third-order valence-corrected chi connectivity index (χ3v) is 13.3. The molecule has 14 heteroatoms. The molecule has 3 amide bonds. The van der Waals surface area contributed by atoms with Crippen LogP contribution < -0.4 is 29.3 Å². The molecule has 53 heavy (non-hydrogen) atoms. The van der Waals surface area contributed by atoms with Gasteiger partial charge in [-0.3, -0.25) is 24.1 Å². The molecule has 1 aromatic heterocycles. The summed E-state index contributed by atoms with van der Waals surface area (Å²) in [6.45, 7) is 3.95. The Balaban J connectivity index is 1.06. The first-order chi connectivity index (χ1) is 25.7. The molecule has 0 spiro atoms. The molecule has 2 N–H and O–H groups in total. The Kier molecular flexibility index (Phi) is 9.27. The summed E-state index contributed by atoms with van der Waals surface area (Å²) in [7, 11) is 1.57. The van der Waals surface area contributed by atoms with Crippen LogP contribution >= 0.6 is 23.1 Å². The number of aromatic amines is 1. The molecule has 0 radical (unpaired) electrons. The van der Waals surface area contributed by atoms with E-state index in [0.717, 1.165) is 21.9 Å². The highest BCUT2D eigenvalue weighted by atomic mass is 32.2. The van der Waals surface area contributed by atoms with Crippen molar-refractivity contribution in [3.05, 3.63) is 92.4 Å². The number of carbonyl (C=O) groups is 4. The Morgan fingerprint density at radius 2 is 1.62 bits per heavy atom. The highest BCUT2D eigenvalue weighted by Gasteiger charge is 2.69. The lowest BCUT2D eigenvalue weighted by Gasteiger charge is -2.43. The van der Waals surface area contributed by atoms with Crippen molar-refractivity contribution in [1.29, 1.82) is 0 Å². The standard InChI is InChI=1S/C39H37N3O9S2/c1-4-49-27-16-20(8-15-26(27)51-18-28(43)40-21-9-13-23(48-3)14-10-21)29-30-24-17-25(33(30)52-35-34(29)53-39(47)41-35)32-31(24)36(44)42(37(32)45)22-11-6-19(7-12-22)38(46)50-5-2/h6-16,24-25,29-33H,4-5,17-18H2,1-3H3,(H,40,43)(H,41,47)/t24-,25-,29+,30-,31+,32+,33-/m1/s1. The molecular formula is C39H37N3O9S2. The molecule has 3 fully saturated rings. The molecule has 4 aliphatic rings. The van der Waals surface area contributed by atoms with Crippen molar-refractivity contribution in [1.82, 2.24) is 4.98 Å². The molecule has 12 nitrogen and oxygen atoms in total. The minimum absolute atomic E-state index is 0.00000980. The third-order valence-electron chi connectivity index (χ3n) is 10.7. The number of methoxy groups -OCH3 is 1. The number of nitrogens with one attached hydrogen (secondary N) is 2. The number of hydrogen-bond acceptors (Lipinski definition) is 11. The number of imide groups is 1. The zero-order chi connectivity index (χ0) is 37.0. The van der Waals surface area contributed by atoms with Crippen molar-refractivity contribution in [3.8, 4) is 17.2 Å². The van der Waals surface area contributed by atoms with Crippen LogP contribution in [-0.4, -0.2) is 60.9 Å². The summed E-state index contributed by atoms with van der Waals surface area (Å²) in [6.07, 6.45) is 0.739. The van der Waals surface area contributed by atoms with E-state index < -0.39 is 17.8 Å². The Bertz CT molecular complexity index is 2150. The Hall–Kier alpha value is -5.08. The van der Waals surface area contributed by atoms with Gasteiger partial charge in [0.1, 0.15) is 5.75 Å². The number of hydrogen-bond donors (Lipinski definition) is 2. The highest BCUT2D eigenvalue weighted by molar-refractivity contribution is 8.00. The van der Waals surface area contributed by atoms with Crippen LogP contribution in [0.3, 0.4) is 0 Å². The van der Waals surface area contributed by atoms with Crippen molar-refractivity contribution in [3.63, 3.8) is 0 Å². The first-order valence-corrected chi connectivity index (χ1v) is 19.3. The van der Waals surface area contributed by atoms with E-state index in [1.165, 1.54) is 16.2 Å². The number of benzene rings is 3. The fourth-order valence-electron chi connectivity index (χ4n) is 8.73. The number of esters is 1. The molecule has 2 aliphatic heterocycles. The molecule has 8 rings (SSSR count). The lowest BCUT2D eigenvalue weighted by atomic mass is 9.68. The molecule has 1 saturated heterocycles. The van der Waals surface area contributed by atoms with Gasteiger partial charge in [-0.05, 0) is 104 Å². The van der Waals surface area contributed by atoms with Gasteiger partial charge in [0.05, 0.1) is 48.4 Å². The van der Waals surface area contributed by atoms with Gasteiger partial charge >= 0.3 is 10.8 Å². The number of ether oxygens (including phenoxy) is 4. The lowest BCUT2D eigenvalue weighted by molar-refractivity contribution is -0.123. The number of thioether (sulfide) groups is 1. The summed E-state index contributed by atoms with van der Waals surface area (Å²) in [5.41, 5.74) is 2.30. The molecular weight excluding hydrogens is 719 g/mol. The van der Waals surface area contributed by atoms with Crippen LogP contribution in [0.4, 0.5) is 11.4 Å². The second-order valence-electron chi connectivity index (χ2n) is 13.4. The molecule has 7 atom stereocenters. The number of nitrogens with zero attached hydrogens (tertiary/aromatic N) is 1. The summed E-state index contributed by atoms with van der Waals surface area (Å²) >= 11 is 2.79. The van der Waals surface area contributed by atoms with Crippen molar-refractivity contribution in [2.75, 3.05) is 37.1 Å². The molecule has 4 aromatic rings. The van der Waals surface area contributed by atoms with E-state index in [1.807, 2.05) is 19.1 Å². The van der Waals surface area contributed by atoms with Gasteiger partial charge < -0.3 is 29.2 Å². The maximum atomic E-state index is 14.2. The number of carbonyl (C=O) groups excluding carboxylic acids is 4. The van der Waals surface area contributed by atoms with Crippen molar-refractivity contribution in [2.24, 2.45) is 29.6 Å². The van der Waals surface area contributed by atoms with E-state index in [2.05, 4.69) is 10.3 Å². The molecule has 274 valence electrons. The van der Waals surface area contributed by atoms with Crippen LogP contribution in [0.2, 0.25) is 0 Å². The normalized spacial score (nSPS) is 25.0. The summed E-state index contributed by atoms with van der Waals surface area (Å²) in [4.78, 5) is 71.1. The van der Waals surface area contributed by atoms with Gasteiger partial charge in [0.25, 0.3) is 5.91 Å². The van der Waals surface area contributed by atoms with Crippen LogP contribution in [0.5, 0.6) is 17.2 Å². The van der Waals surface area contributed by atoms with Gasteiger partial charge in [-0.1, -0.05) is 17.4 Å². The maximum absolute atomic E-state index is 14.2. The highest BCUT2D eigenvalue weighted by Crippen LogP contribution is 2.68. The summed E-state index contributed by atoms with van der Waals surface area (Å²) < 4.78 is 22.3. The Morgan fingerprint density at radius 1 is 0.887 bits per heavy atom. The predicted octanol–water partition coefficient (Wildman–Crippen LogP) is 5.72. The summed E-state index contributed by atoms with van der Waals surface area (Å²) in [5, 5.41) is 3.61. The Morgan fingerprint density at radius 3 is 2.32 bits per heavy atom. The van der Waals surface area contributed by atoms with Gasteiger partial charge in [0.15, 0.2) is 18.1 Å². The van der Waals surface area contributed by atoms with E-state index in [4.69, 9.17) is 18.9 Å². The zero-order valence-corrected chi connectivity index (χ0v) is 30.8. The summed E-state index contributed by atoms with van der Waals surface area (Å²) in [6, 6.07) is 19.0. The topological polar surface area (TPSA) is 153 Å². The smallest absolute Gasteiger partial charge is 0.338 e. The first kappa shape index (κ1) is 35.0. The van der Waals surface area contributed by atoms with E-state index in [9.17, 15) is 24.0 Å². The summed E-state index contributed by atoms with van der Waals surface area (Å²) in [5.74, 6) is -1.06. The number of amides is 3. The molecule has 2 aliphatic carbocycles. The molecule has 0 unspecified atom stereocenters. The minimum Gasteiger partial charge on any atom is -0.497 e. The SMILES string of the molecule is CCOC(=O)c1ccc(N2C(=O)[C@H]3[C@H]4C[C@@H]([C@@H]3C2=O)[C@@H]2[C@H](c3ccc(OCC(=O)Nc5ccc(OC)cc5)c(OCC)c3)c3sc(=O)[nH]c3S[C@H]42)cc1. The number of H-pyrrole nitrogens is 1.